The van der Waals surface area contributed by atoms with E-state index in [0.29, 0.717) is 5.56 Å². The maximum atomic E-state index is 12.6. The lowest BCUT2D eigenvalue weighted by Crippen LogP contribution is -2.28. The molecule has 0 saturated heterocycles. The van der Waals surface area contributed by atoms with E-state index in [-0.39, 0.29) is 12.1 Å². The molecule has 0 atom stereocenters. The standard InChI is InChI=1S/C14H11F3N2O2/c15-14(16,17)10-4-1-3-9(7-10)8-19-13(21)11-5-2-6-18-12(11)20/h1-7H,8H2,(H,18,20)(H,19,21). The van der Waals surface area contributed by atoms with E-state index in [1.54, 1.807) is 0 Å². The minimum Gasteiger partial charge on any atom is -0.348 e. The molecule has 0 aliphatic carbocycles. The summed E-state index contributed by atoms with van der Waals surface area (Å²) in [5.74, 6) is -0.644. The van der Waals surface area contributed by atoms with E-state index < -0.39 is 23.2 Å². The average Bonchev–Trinajstić information content (AvgIpc) is 2.45. The third kappa shape index (κ3) is 3.71. The highest BCUT2D eigenvalue weighted by molar-refractivity contribution is 5.93. The number of aromatic nitrogens is 1. The summed E-state index contributed by atoms with van der Waals surface area (Å²) in [6.07, 6.45) is -3.05. The molecule has 110 valence electrons. The van der Waals surface area contributed by atoms with Crippen molar-refractivity contribution in [1.82, 2.24) is 10.3 Å². The molecule has 0 aliphatic rings. The quantitative estimate of drug-likeness (QED) is 0.913. The fourth-order valence-electron chi connectivity index (χ4n) is 1.74. The number of H-pyrrole nitrogens is 1. The van der Waals surface area contributed by atoms with Crippen LogP contribution in [0.1, 0.15) is 21.5 Å². The predicted molar refractivity (Wildman–Crippen MR) is 69.7 cm³/mol. The molecule has 0 radical (unpaired) electrons. The molecule has 0 aliphatic heterocycles. The number of hydrogen-bond donors (Lipinski definition) is 2. The van der Waals surface area contributed by atoms with Crippen LogP contribution in [0.3, 0.4) is 0 Å². The first kappa shape index (κ1) is 14.8. The summed E-state index contributed by atoms with van der Waals surface area (Å²) < 4.78 is 37.7. The molecule has 1 aromatic heterocycles. The fourth-order valence-corrected chi connectivity index (χ4v) is 1.74. The molecule has 4 nitrogen and oxygen atoms in total. The Morgan fingerprint density at radius 3 is 2.62 bits per heavy atom. The van der Waals surface area contributed by atoms with Crippen LogP contribution in [0.2, 0.25) is 0 Å². The van der Waals surface area contributed by atoms with Gasteiger partial charge >= 0.3 is 6.18 Å². The number of alkyl halides is 3. The Morgan fingerprint density at radius 2 is 1.95 bits per heavy atom. The van der Waals surface area contributed by atoms with E-state index >= 15 is 0 Å². The fraction of sp³-hybridized carbons (Fsp3) is 0.143. The first-order valence-electron chi connectivity index (χ1n) is 6.00. The van der Waals surface area contributed by atoms with Crippen molar-refractivity contribution in [2.24, 2.45) is 0 Å². The molecule has 21 heavy (non-hydrogen) atoms. The predicted octanol–water partition coefficient (Wildman–Crippen LogP) is 2.32. The van der Waals surface area contributed by atoms with Gasteiger partial charge in [-0.2, -0.15) is 13.2 Å². The topological polar surface area (TPSA) is 62.0 Å². The van der Waals surface area contributed by atoms with Gasteiger partial charge in [-0.05, 0) is 29.8 Å². The first-order valence-corrected chi connectivity index (χ1v) is 6.00. The highest BCUT2D eigenvalue weighted by atomic mass is 19.4. The van der Waals surface area contributed by atoms with E-state index in [2.05, 4.69) is 10.3 Å². The molecule has 1 aromatic carbocycles. The Balaban J connectivity index is 2.09. The van der Waals surface area contributed by atoms with Crippen molar-refractivity contribution in [3.8, 4) is 0 Å². The lowest BCUT2D eigenvalue weighted by Gasteiger charge is -2.09. The van der Waals surface area contributed by atoms with Crippen molar-refractivity contribution in [2.45, 2.75) is 12.7 Å². The number of pyridine rings is 1. The average molecular weight is 296 g/mol. The smallest absolute Gasteiger partial charge is 0.348 e. The third-order valence-corrected chi connectivity index (χ3v) is 2.77. The number of amides is 1. The van der Waals surface area contributed by atoms with Crippen LogP contribution in [-0.2, 0) is 12.7 Å². The molecule has 0 spiro atoms. The summed E-state index contributed by atoms with van der Waals surface area (Å²) >= 11 is 0. The van der Waals surface area contributed by atoms with E-state index in [9.17, 15) is 22.8 Å². The molecule has 2 rings (SSSR count). The summed E-state index contributed by atoms with van der Waals surface area (Å²) in [6.45, 7) is -0.100. The Kier molecular flexibility index (Phi) is 4.11. The number of carbonyl (C=O) groups excluding carboxylic acids is 1. The van der Waals surface area contributed by atoms with Gasteiger partial charge < -0.3 is 10.3 Å². The Labute approximate surface area is 117 Å². The normalized spacial score (nSPS) is 11.2. The van der Waals surface area contributed by atoms with Crippen molar-refractivity contribution in [1.29, 1.82) is 0 Å². The van der Waals surface area contributed by atoms with Crippen LogP contribution >= 0.6 is 0 Å². The van der Waals surface area contributed by atoms with Crippen molar-refractivity contribution < 1.29 is 18.0 Å². The van der Waals surface area contributed by atoms with Crippen LogP contribution in [0.5, 0.6) is 0 Å². The molecule has 0 saturated carbocycles. The van der Waals surface area contributed by atoms with Gasteiger partial charge in [0.25, 0.3) is 11.5 Å². The Hall–Kier alpha value is -2.57. The molecule has 0 bridgehead atoms. The molecule has 1 amide bonds. The van der Waals surface area contributed by atoms with Crippen LogP contribution in [0.25, 0.3) is 0 Å². The zero-order valence-corrected chi connectivity index (χ0v) is 10.7. The van der Waals surface area contributed by atoms with Gasteiger partial charge in [0, 0.05) is 12.7 Å². The zero-order valence-electron chi connectivity index (χ0n) is 10.7. The molecule has 2 aromatic rings. The van der Waals surface area contributed by atoms with E-state index in [0.717, 1.165) is 12.1 Å². The Morgan fingerprint density at radius 1 is 1.19 bits per heavy atom. The van der Waals surface area contributed by atoms with Crippen LogP contribution in [0, 0.1) is 0 Å². The van der Waals surface area contributed by atoms with E-state index in [1.807, 2.05) is 0 Å². The van der Waals surface area contributed by atoms with Gasteiger partial charge in [0.05, 0.1) is 5.56 Å². The molecule has 0 unspecified atom stereocenters. The van der Waals surface area contributed by atoms with Crippen molar-refractivity contribution in [3.05, 3.63) is 69.6 Å². The van der Waals surface area contributed by atoms with Crippen LogP contribution in [-0.4, -0.2) is 10.9 Å². The van der Waals surface area contributed by atoms with Crippen molar-refractivity contribution >= 4 is 5.91 Å². The summed E-state index contributed by atoms with van der Waals surface area (Å²) in [5.41, 5.74) is -1.14. The molecule has 7 heteroatoms. The largest absolute Gasteiger partial charge is 0.416 e. The monoisotopic (exact) mass is 296 g/mol. The summed E-state index contributed by atoms with van der Waals surface area (Å²) in [7, 11) is 0. The minimum absolute atomic E-state index is 0.0931. The maximum Gasteiger partial charge on any atom is 0.416 e. The van der Waals surface area contributed by atoms with Gasteiger partial charge in [0.2, 0.25) is 0 Å². The number of halogens is 3. The minimum atomic E-state index is -4.43. The lowest BCUT2D eigenvalue weighted by molar-refractivity contribution is -0.137. The summed E-state index contributed by atoms with van der Waals surface area (Å²) in [6, 6.07) is 7.45. The second-order valence-electron chi connectivity index (χ2n) is 4.29. The maximum absolute atomic E-state index is 12.6. The molecule has 0 fully saturated rings. The molecule has 1 heterocycles. The summed E-state index contributed by atoms with van der Waals surface area (Å²) in [4.78, 5) is 25.5. The van der Waals surface area contributed by atoms with Crippen LogP contribution in [0.4, 0.5) is 13.2 Å². The van der Waals surface area contributed by atoms with E-state index in [1.165, 1.54) is 30.5 Å². The van der Waals surface area contributed by atoms with Gasteiger partial charge in [-0.1, -0.05) is 12.1 Å². The number of carbonyl (C=O) groups is 1. The van der Waals surface area contributed by atoms with Crippen LogP contribution < -0.4 is 10.9 Å². The Bertz CT molecular complexity index is 708. The van der Waals surface area contributed by atoms with E-state index in [4.69, 9.17) is 0 Å². The number of benzene rings is 1. The van der Waals surface area contributed by atoms with Gasteiger partial charge in [0.1, 0.15) is 5.56 Å². The first-order chi connectivity index (χ1) is 9.88. The number of rotatable bonds is 3. The molecule has 2 N–H and O–H groups in total. The summed E-state index contributed by atoms with van der Waals surface area (Å²) in [5, 5.41) is 2.41. The zero-order chi connectivity index (χ0) is 15.5. The van der Waals surface area contributed by atoms with Crippen molar-refractivity contribution in [2.75, 3.05) is 0 Å². The highest BCUT2D eigenvalue weighted by Gasteiger charge is 2.30. The second kappa shape index (κ2) is 5.82. The van der Waals surface area contributed by atoms with Crippen LogP contribution in [0.15, 0.2) is 47.4 Å². The lowest BCUT2D eigenvalue weighted by atomic mass is 10.1. The molecular formula is C14H11F3N2O2. The van der Waals surface area contributed by atoms with Gasteiger partial charge in [0.15, 0.2) is 0 Å². The van der Waals surface area contributed by atoms with Gasteiger partial charge in [-0.15, -0.1) is 0 Å². The SMILES string of the molecule is O=C(NCc1cccc(C(F)(F)F)c1)c1ccc[nH]c1=O. The van der Waals surface area contributed by atoms with Gasteiger partial charge in [-0.25, -0.2) is 0 Å². The number of nitrogens with one attached hydrogen (secondary N) is 2. The number of hydrogen-bond acceptors (Lipinski definition) is 2. The highest BCUT2D eigenvalue weighted by Crippen LogP contribution is 2.29. The molecular weight excluding hydrogens is 285 g/mol. The number of aromatic amines is 1. The van der Waals surface area contributed by atoms with Crippen molar-refractivity contribution in [3.63, 3.8) is 0 Å². The second-order valence-corrected chi connectivity index (χ2v) is 4.29. The van der Waals surface area contributed by atoms with Gasteiger partial charge in [-0.3, -0.25) is 9.59 Å². The third-order valence-electron chi connectivity index (χ3n) is 2.77.